The maximum absolute atomic E-state index is 5.89. The normalized spacial score (nSPS) is 10.8. The number of hydrogen-bond acceptors (Lipinski definition) is 4. The summed E-state index contributed by atoms with van der Waals surface area (Å²) in [5.74, 6) is 1.32. The summed E-state index contributed by atoms with van der Waals surface area (Å²) in [6.45, 7) is 1.82. The predicted octanol–water partition coefficient (Wildman–Crippen LogP) is 3.55. The number of nitrogens with one attached hydrogen (secondary N) is 1. The molecule has 96 valence electrons. The quantitative estimate of drug-likeness (QED) is 0.734. The topological polar surface area (TPSA) is 59.6 Å². The van der Waals surface area contributed by atoms with Crippen LogP contribution >= 0.6 is 23.8 Å². The van der Waals surface area contributed by atoms with Crippen molar-refractivity contribution in [2.45, 2.75) is 6.92 Å². The molecule has 0 aliphatic carbocycles. The first-order valence-electron chi connectivity index (χ1n) is 5.52. The van der Waals surface area contributed by atoms with Crippen molar-refractivity contribution in [3.63, 3.8) is 0 Å². The number of benzene rings is 1. The van der Waals surface area contributed by atoms with E-state index in [1.165, 1.54) is 0 Å². The van der Waals surface area contributed by atoms with Crippen molar-refractivity contribution in [1.82, 2.24) is 19.9 Å². The van der Waals surface area contributed by atoms with Gasteiger partial charge in [0.05, 0.1) is 5.69 Å². The van der Waals surface area contributed by atoms with Crippen molar-refractivity contribution < 1.29 is 4.52 Å². The third-order valence-electron chi connectivity index (χ3n) is 2.61. The molecule has 1 N–H and O–H groups in total. The summed E-state index contributed by atoms with van der Waals surface area (Å²) in [5, 5.41) is 11.6. The molecule has 0 aliphatic rings. The first-order chi connectivity index (χ1) is 9.15. The molecule has 0 unspecified atom stereocenters. The Hall–Kier alpha value is -1.92. The minimum Gasteiger partial charge on any atom is -0.361 e. The third kappa shape index (κ3) is 2.20. The average molecular weight is 293 g/mol. The second-order valence-electron chi connectivity index (χ2n) is 3.99. The molecule has 0 bridgehead atoms. The molecule has 1 aromatic carbocycles. The van der Waals surface area contributed by atoms with Gasteiger partial charge in [0.2, 0.25) is 0 Å². The van der Waals surface area contributed by atoms with Gasteiger partial charge in [0.1, 0.15) is 5.76 Å². The van der Waals surface area contributed by atoms with Gasteiger partial charge in [0.15, 0.2) is 16.3 Å². The molecule has 2 aromatic heterocycles. The van der Waals surface area contributed by atoms with Crippen molar-refractivity contribution in [2.75, 3.05) is 0 Å². The van der Waals surface area contributed by atoms with Crippen LogP contribution in [-0.2, 0) is 0 Å². The Bertz CT molecular complexity index is 772. The molecule has 3 rings (SSSR count). The average Bonchev–Trinajstić information content (AvgIpc) is 2.97. The van der Waals surface area contributed by atoms with Crippen molar-refractivity contribution >= 4 is 23.8 Å². The second kappa shape index (κ2) is 4.64. The number of aryl methyl sites for hydroxylation is 1. The fourth-order valence-corrected chi connectivity index (χ4v) is 2.13. The standard InChI is InChI=1S/C12H9ClN4OS/c1-7-6-10(16-18-7)11-14-15-12(19)17(11)9-4-2-8(13)3-5-9/h2-6H,1H3,(H,15,19). The summed E-state index contributed by atoms with van der Waals surface area (Å²) in [6.07, 6.45) is 0. The maximum atomic E-state index is 5.89. The lowest BCUT2D eigenvalue weighted by Gasteiger charge is -2.04. The van der Waals surface area contributed by atoms with Crippen LogP contribution in [0.2, 0.25) is 5.02 Å². The molecule has 5 nitrogen and oxygen atoms in total. The summed E-state index contributed by atoms with van der Waals surface area (Å²) in [4.78, 5) is 0. The molecule has 2 heterocycles. The summed E-state index contributed by atoms with van der Waals surface area (Å²) in [6, 6.07) is 9.12. The van der Waals surface area contributed by atoms with Crippen LogP contribution in [0.3, 0.4) is 0 Å². The van der Waals surface area contributed by atoms with Crippen molar-refractivity contribution in [1.29, 1.82) is 0 Å². The van der Waals surface area contributed by atoms with Crippen LogP contribution in [0.1, 0.15) is 5.76 Å². The smallest absolute Gasteiger partial charge is 0.200 e. The van der Waals surface area contributed by atoms with Crippen LogP contribution in [-0.4, -0.2) is 19.9 Å². The summed E-state index contributed by atoms with van der Waals surface area (Å²) in [7, 11) is 0. The number of halogens is 1. The number of aromatic nitrogens is 4. The molecule has 19 heavy (non-hydrogen) atoms. The molecule has 0 spiro atoms. The molecule has 0 fully saturated rings. The first kappa shape index (κ1) is 12.1. The zero-order valence-corrected chi connectivity index (χ0v) is 11.5. The molecule has 0 saturated heterocycles. The number of rotatable bonds is 2. The molecule has 3 aromatic rings. The van der Waals surface area contributed by atoms with Gasteiger partial charge in [-0.1, -0.05) is 16.8 Å². The van der Waals surface area contributed by atoms with Crippen molar-refractivity contribution in [2.24, 2.45) is 0 Å². The van der Waals surface area contributed by atoms with Gasteiger partial charge in [-0.15, -0.1) is 0 Å². The van der Waals surface area contributed by atoms with Gasteiger partial charge in [-0.25, -0.2) is 0 Å². The van der Waals surface area contributed by atoms with E-state index >= 15 is 0 Å². The Kier molecular flexibility index (Phi) is 2.96. The molecule has 0 aliphatic heterocycles. The first-order valence-corrected chi connectivity index (χ1v) is 6.31. The monoisotopic (exact) mass is 292 g/mol. The Morgan fingerprint density at radius 3 is 2.68 bits per heavy atom. The second-order valence-corrected chi connectivity index (χ2v) is 4.81. The fraction of sp³-hybridized carbons (Fsp3) is 0.0833. The number of nitrogens with zero attached hydrogens (tertiary/aromatic N) is 3. The van der Waals surface area contributed by atoms with Gasteiger partial charge >= 0.3 is 0 Å². The SMILES string of the molecule is Cc1cc(-c2n[nH]c(=S)n2-c2ccc(Cl)cc2)no1. The van der Waals surface area contributed by atoms with Gasteiger partial charge in [-0.05, 0) is 43.4 Å². The summed E-state index contributed by atoms with van der Waals surface area (Å²) >= 11 is 11.1. The lowest BCUT2D eigenvalue weighted by molar-refractivity contribution is 0.399. The summed E-state index contributed by atoms with van der Waals surface area (Å²) in [5.41, 5.74) is 1.48. The molecule has 0 saturated carbocycles. The molecule has 0 atom stereocenters. The third-order valence-corrected chi connectivity index (χ3v) is 3.14. The van der Waals surface area contributed by atoms with Crippen LogP contribution in [0.5, 0.6) is 0 Å². The zero-order chi connectivity index (χ0) is 13.4. The van der Waals surface area contributed by atoms with Gasteiger partial charge in [-0.2, -0.15) is 5.10 Å². The van der Waals surface area contributed by atoms with E-state index in [1.807, 2.05) is 19.1 Å². The zero-order valence-electron chi connectivity index (χ0n) is 9.92. The summed E-state index contributed by atoms with van der Waals surface area (Å²) < 4.78 is 7.33. The highest BCUT2D eigenvalue weighted by Crippen LogP contribution is 2.22. The minimum absolute atomic E-state index is 0.484. The maximum Gasteiger partial charge on any atom is 0.200 e. The molecular formula is C12H9ClN4OS. The Labute approximate surface area is 118 Å². The van der Waals surface area contributed by atoms with E-state index in [1.54, 1.807) is 22.8 Å². The Morgan fingerprint density at radius 1 is 1.32 bits per heavy atom. The van der Waals surface area contributed by atoms with Crippen LogP contribution in [0, 0.1) is 11.7 Å². The van der Waals surface area contributed by atoms with Gasteiger partial charge in [0.25, 0.3) is 0 Å². The van der Waals surface area contributed by atoms with E-state index in [4.69, 9.17) is 28.3 Å². The van der Waals surface area contributed by atoms with Crippen LogP contribution in [0.25, 0.3) is 17.2 Å². The lowest BCUT2D eigenvalue weighted by atomic mass is 10.3. The highest BCUT2D eigenvalue weighted by atomic mass is 35.5. The minimum atomic E-state index is 0.484. The van der Waals surface area contributed by atoms with E-state index in [-0.39, 0.29) is 0 Å². The molecular weight excluding hydrogens is 284 g/mol. The fourth-order valence-electron chi connectivity index (χ4n) is 1.77. The van der Waals surface area contributed by atoms with Crippen LogP contribution in [0.4, 0.5) is 0 Å². The van der Waals surface area contributed by atoms with Gasteiger partial charge in [-0.3, -0.25) is 9.67 Å². The van der Waals surface area contributed by atoms with Crippen molar-refractivity contribution in [3.05, 3.63) is 45.9 Å². The Morgan fingerprint density at radius 2 is 2.05 bits per heavy atom. The van der Waals surface area contributed by atoms with E-state index in [2.05, 4.69) is 15.4 Å². The van der Waals surface area contributed by atoms with E-state index in [9.17, 15) is 0 Å². The molecule has 0 radical (unpaired) electrons. The molecule has 7 heteroatoms. The number of aromatic amines is 1. The van der Waals surface area contributed by atoms with Gasteiger partial charge < -0.3 is 4.52 Å². The van der Waals surface area contributed by atoms with E-state index in [0.29, 0.717) is 27.1 Å². The number of H-pyrrole nitrogens is 1. The van der Waals surface area contributed by atoms with Crippen LogP contribution in [0.15, 0.2) is 34.9 Å². The van der Waals surface area contributed by atoms with Crippen LogP contribution < -0.4 is 0 Å². The lowest BCUT2D eigenvalue weighted by Crippen LogP contribution is -1.97. The molecule has 0 amide bonds. The Balaban J connectivity index is 2.19. The number of hydrogen-bond donors (Lipinski definition) is 1. The van der Waals surface area contributed by atoms with Gasteiger partial charge in [0, 0.05) is 11.1 Å². The van der Waals surface area contributed by atoms with E-state index < -0.39 is 0 Å². The van der Waals surface area contributed by atoms with E-state index in [0.717, 1.165) is 5.69 Å². The largest absolute Gasteiger partial charge is 0.361 e. The highest BCUT2D eigenvalue weighted by molar-refractivity contribution is 7.71. The van der Waals surface area contributed by atoms with Crippen molar-refractivity contribution in [3.8, 4) is 17.2 Å². The highest BCUT2D eigenvalue weighted by Gasteiger charge is 2.14. The predicted molar refractivity (Wildman–Crippen MR) is 74.0 cm³/mol.